The van der Waals surface area contributed by atoms with Crippen molar-refractivity contribution >= 4 is 62.2 Å². The SMILES string of the molecule is CCCCCCOc1c(Br)cc(/C=C2\SC(=S)N(CCC(=O)OC)C2=O)cc1OCC. The lowest BCUT2D eigenvalue weighted by Gasteiger charge is -2.15. The molecule has 9 heteroatoms. The Bertz CT molecular complexity index is 843. The molecule has 0 spiro atoms. The molecule has 170 valence electrons. The van der Waals surface area contributed by atoms with Crippen molar-refractivity contribution in [2.45, 2.75) is 46.0 Å². The zero-order valence-corrected chi connectivity index (χ0v) is 21.3. The third kappa shape index (κ3) is 7.50. The van der Waals surface area contributed by atoms with Gasteiger partial charge >= 0.3 is 5.97 Å². The first-order chi connectivity index (χ1) is 14.9. The van der Waals surface area contributed by atoms with Crippen LogP contribution in [-0.4, -0.2) is 48.0 Å². The van der Waals surface area contributed by atoms with E-state index in [-0.39, 0.29) is 24.8 Å². The van der Waals surface area contributed by atoms with Crippen LogP contribution in [0.15, 0.2) is 21.5 Å². The zero-order chi connectivity index (χ0) is 22.8. The van der Waals surface area contributed by atoms with Crippen LogP contribution in [0, 0.1) is 0 Å². The highest BCUT2D eigenvalue weighted by atomic mass is 79.9. The summed E-state index contributed by atoms with van der Waals surface area (Å²) in [6.45, 7) is 5.41. The predicted octanol–water partition coefficient (Wildman–Crippen LogP) is 5.57. The summed E-state index contributed by atoms with van der Waals surface area (Å²) in [5, 5.41) is 0. The maximum Gasteiger partial charge on any atom is 0.307 e. The van der Waals surface area contributed by atoms with Crippen molar-refractivity contribution in [1.29, 1.82) is 0 Å². The summed E-state index contributed by atoms with van der Waals surface area (Å²) in [5.41, 5.74) is 0.794. The Morgan fingerprint density at radius 3 is 2.68 bits per heavy atom. The quantitative estimate of drug-likeness (QED) is 0.152. The van der Waals surface area contributed by atoms with Gasteiger partial charge in [-0.05, 0) is 53.0 Å². The Kier molecular flexibility index (Phi) is 10.8. The maximum absolute atomic E-state index is 12.7. The number of benzene rings is 1. The lowest BCUT2D eigenvalue weighted by atomic mass is 10.1. The summed E-state index contributed by atoms with van der Waals surface area (Å²) in [4.78, 5) is 26.1. The Hall–Kier alpha value is -1.58. The second kappa shape index (κ2) is 13.1. The molecule has 1 heterocycles. The minimum Gasteiger partial charge on any atom is -0.490 e. The van der Waals surface area contributed by atoms with Gasteiger partial charge in [-0.15, -0.1) is 0 Å². The second-order valence-electron chi connectivity index (χ2n) is 6.83. The van der Waals surface area contributed by atoms with Crippen molar-refractivity contribution < 1.29 is 23.8 Å². The number of methoxy groups -OCH3 is 1. The number of thiocarbonyl (C=S) groups is 1. The van der Waals surface area contributed by atoms with Gasteiger partial charge in [-0.2, -0.15) is 0 Å². The molecule has 1 aromatic rings. The fraction of sp³-hybridized carbons (Fsp3) is 0.500. The molecule has 1 fully saturated rings. The van der Waals surface area contributed by atoms with Crippen LogP contribution >= 0.6 is 39.9 Å². The lowest BCUT2D eigenvalue weighted by Crippen LogP contribution is -2.30. The van der Waals surface area contributed by atoms with Gasteiger partial charge in [-0.3, -0.25) is 14.5 Å². The second-order valence-corrected chi connectivity index (χ2v) is 9.36. The van der Waals surface area contributed by atoms with Gasteiger partial charge in [-0.25, -0.2) is 0 Å². The van der Waals surface area contributed by atoms with E-state index in [1.54, 1.807) is 6.08 Å². The molecular weight excluding hydrogens is 502 g/mol. The van der Waals surface area contributed by atoms with Crippen LogP contribution in [0.25, 0.3) is 6.08 Å². The fourth-order valence-corrected chi connectivity index (χ4v) is 4.81. The average Bonchev–Trinajstić information content (AvgIpc) is 3.00. The normalized spacial score (nSPS) is 15.0. The number of carbonyl (C=O) groups excluding carboxylic acids is 2. The first-order valence-electron chi connectivity index (χ1n) is 10.3. The van der Waals surface area contributed by atoms with Gasteiger partial charge in [0.05, 0.1) is 36.1 Å². The predicted molar refractivity (Wildman–Crippen MR) is 131 cm³/mol. The van der Waals surface area contributed by atoms with Crippen LogP contribution in [0.1, 0.15) is 51.5 Å². The van der Waals surface area contributed by atoms with Crippen molar-refractivity contribution in [1.82, 2.24) is 4.90 Å². The first kappa shape index (κ1) is 25.7. The largest absolute Gasteiger partial charge is 0.490 e. The van der Waals surface area contributed by atoms with Crippen molar-refractivity contribution in [3.05, 3.63) is 27.1 Å². The molecule has 2 rings (SSSR count). The highest BCUT2D eigenvalue weighted by Crippen LogP contribution is 2.39. The number of thioether (sulfide) groups is 1. The number of ether oxygens (including phenoxy) is 3. The number of esters is 1. The third-order valence-electron chi connectivity index (χ3n) is 4.51. The summed E-state index contributed by atoms with van der Waals surface area (Å²) >= 11 is 10.1. The number of carbonyl (C=O) groups is 2. The van der Waals surface area contributed by atoms with Crippen LogP contribution in [0.3, 0.4) is 0 Å². The molecule has 1 amide bonds. The monoisotopic (exact) mass is 529 g/mol. The van der Waals surface area contributed by atoms with Crippen LogP contribution in [0.4, 0.5) is 0 Å². The number of hydrogen-bond acceptors (Lipinski definition) is 7. The molecule has 0 saturated carbocycles. The first-order valence-corrected chi connectivity index (χ1v) is 12.3. The summed E-state index contributed by atoms with van der Waals surface area (Å²) in [6.07, 6.45) is 6.36. The van der Waals surface area contributed by atoms with Gasteiger partial charge < -0.3 is 14.2 Å². The smallest absolute Gasteiger partial charge is 0.307 e. The van der Waals surface area contributed by atoms with E-state index < -0.39 is 0 Å². The molecule has 0 bridgehead atoms. The summed E-state index contributed by atoms with van der Waals surface area (Å²) in [7, 11) is 1.32. The van der Waals surface area contributed by atoms with E-state index in [4.69, 9.17) is 21.7 Å². The molecule has 1 aliphatic heterocycles. The molecule has 31 heavy (non-hydrogen) atoms. The van der Waals surface area contributed by atoms with Crippen LogP contribution in [0.5, 0.6) is 11.5 Å². The van der Waals surface area contributed by atoms with Gasteiger partial charge in [0.2, 0.25) is 0 Å². The molecule has 0 atom stereocenters. The average molecular weight is 531 g/mol. The van der Waals surface area contributed by atoms with E-state index >= 15 is 0 Å². The van der Waals surface area contributed by atoms with Crippen LogP contribution < -0.4 is 9.47 Å². The molecule has 0 N–H and O–H groups in total. The van der Waals surface area contributed by atoms with Gasteiger partial charge in [-0.1, -0.05) is 50.2 Å². The molecule has 1 aliphatic rings. The minimum absolute atomic E-state index is 0.0978. The van der Waals surface area contributed by atoms with Crippen molar-refractivity contribution in [2.24, 2.45) is 0 Å². The van der Waals surface area contributed by atoms with Gasteiger partial charge in [0.25, 0.3) is 5.91 Å². The Morgan fingerprint density at radius 1 is 1.23 bits per heavy atom. The van der Waals surface area contributed by atoms with E-state index in [9.17, 15) is 9.59 Å². The molecule has 1 aromatic carbocycles. The van der Waals surface area contributed by atoms with Crippen molar-refractivity contribution in [3.8, 4) is 11.5 Å². The molecule has 0 radical (unpaired) electrons. The lowest BCUT2D eigenvalue weighted by molar-refractivity contribution is -0.140. The maximum atomic E-state index is 12.7. The summed E-state index contributed by atoms with van der Waals surface area (Å²) in [6, 6.07) is 3.75. The number of rotatable bonds is 12. The topological polar surface area (TPSA) is 65.1 Å². The molecule has 1 saturated heterocycles. The van der Waals surface area contributed by atoms with E-state index in [1.807, 2.05) is 19.1 Å². The van der Waals surface area contributed by atoms with Crippen molar-refractivity contribution in [2.75, 3.05) is 26.9 Å². The van der Waals surface area contributed by atoms with Gasteiger partial charge in [0.15, 0.2) is 11.5 Å². The van der Waals surface area contributed by atoms with E-state index in [2.05, 4.69) is 27.6 Å². The van der Waals surface area contributed by atoms with E-state index in [1.165, 1.54) is 36.6 Å². The minimum atomic E-state index is -0.381. The zero-order valence-electron chi connectivity index (χ0n) is 18.1. The van der Waals surface area contributed by atoms with Crippen LogP contribution in [0.2, 0.25) is 0 Å². The van der Waals surface area contributed by atoms with Gasteiger partial charge in [0.1, 0.15) is 4.32 Å². The molecule has 6 nitrogen and oxygen atoms in total. The Labute approximate surface area is 201 Å². The van der Waals surface area contributed by atoms with Crippen molar-refractivity contribution in [3.63, 3.8) is 0 Å². The third-order valence-corrected chi connectivity index (χ3v) is 6.48. The summed E-state index contributed by atoms with van der Waals surface area (Å²) in [5.74, 6) is 0.693. The fourth-order valence-electron chi connectivity index (χ4n) is 2.93. The highest BCUT2D eigenvalue weighted by molar-refractivity contribution is 9.10. The molecule has 0 aromatic heterocycles. The molecule has 0 unspecified atom stereocenters. The molecule has 0 aliphatic carbocycles. The van der Waals surface area contributed by atoms with E-state index in [0.29, 0.717) is 33.9 Å². The number of halogens is 1. The van der Waals surface area contributed by atoms with Crippen LogP contribution in [-0.2, 0) is 14.3 Å². The number of nitrogens with zero attached hydrogens (tertiary/aromatic N) is 1. The van der Waals surface area contributed by atoms with Gasteiger partial charge in [0, 0.05) is 6.54 Å². The number of hydrogen-bond donors (Lipinski definition) is 0. The summed E-state index contributed by atoms with van der Waals surface area (Å²) < 4.78 is 17.6. The van der Waals surface area contributed by atoms with E-state index in [0.717, 1.165) is 22.9 Å². The molecular formula is C22H28BrNO5S2. The highest BCUT2D eigenvalue weighted by Gasteiger charge is 2.32. The number of unbranched alkanes of at least 4 members (excludes halogenated alkanes) is 3. The number of amides is 1. The Morgan fingerprint density at radius 2 is 2.00 bits per heavy atom. The standard InChI is InChI=1S/C22H28BrNO5S2/c1-4-6-7-8-11-29-20-16(23)12-15(13-17(20)28-5-2)14-18-21(26)24(22(30)31-18)10-9-19(25)27-3/h12-14H,4-11H2,1-3H3/b18-14-. The Balaban J connectivity index is 2.16.